The first-order valence-corrected chi connectivity index (χ1v) is 10.8. The maximum atomic E-state index is 13.1. The number of aliphatic carboxylic acids is 1. The maximum absolute atomic E-state index is 13.1. The van der Waals surface area contributed by atoms with E-state index in [1.165, 1.54) is 24.3 Å². The summed E-state index contributed by atoms with van der Waals surface area (Å²) in [5.41, 5.74) is 5.52. The summed E-state index contributed by atoms with van der Waals surface area (Å²) in [6, 6.07) is 16.4. The molecule has 0 saturated carbocycles. The van der Waals surface area contributed by atoms with E-state index < -0.39 is 5.97 Å². The molecule has 0 amide bonds. The Morgan fingerprint density at radius 2 is 1.57 bits per heavy atom. The van der Waals surface area contributed by atoms with Crippen molar-refractivity contribution in [1.82, 2.24) is 0 Å². The van der Waals surface area contributed by atoms with E-state index in [0.717, 1.165) is 39.9 Å². The van der Waals surface area contributed by atoms with Gasteiger partial charge in [-0.1, -0.05) is 30.3 Å². The number of carbonyl (C=O) groups excluding carboxylic acids is 1. The number of anilines is 1. The Labute approximate surface area is 223 Å². The van der Waals surface area contributed by atoms with Crippen LogP contribution in [0.4, 0.5) is 14.5 Å². The van der Waals surface area contributed by atoms with Gasteiger partial charge in [0, 0.05) is 30.6 Å². The molecule has 0 saturated heterocycles. The second-order valence-electron chi connectivity index (χ2n) is 7.94. The number of benzene rings is 3. The number of carboxylic acids is 1. The number of hydrogen-bond acceptors (Lipinski definition) is 3. The van der Waals surface area contributed by atoms with Gasteiger partial charge >= 0.3 is 25.4 Å². The van der Waals surface area contributed by atoms with E-state index in [2.05, 4.69) is 12.2 Å². The van der Waals surface area contributed by atoms with Crippen LogP contribution in [0.3, 0.4) is 0 Å². The van der Waals surface area contributed by atoms with Gasteiger partial charge in [-0.15, -0.1) is 0 Å². The number of halogens is 3. The molecule has 3 aromatic carbocycles. The Kier molecular flexibility index (Phi) is 12.6. The van der Waals surface area contributed by atoms with E-state index in [9.17, 15) is 18.4 Å². The molecule has 8 heteroatoms. The monoisotopic (exact) mass is 549 g/mol. The van der Waals surface area contributed by atoms with Crippen LogP contribution in [-0.4, -0.2) is 23.4 Å². The molecule has 1 aliphatic rings. The quantitative estimate of drug-likeness (QED) is 0.270. The zero-order chi connectivity index (χ0) is 23.8. The van der Waals surface area contributed by atoms with Gasteiger partial charge in [0.25, 0.3) is 0 Å². The van der Waals surface area contributed by atoms with Crippen LogP contribution in [0.2, 0.25) is 0 Å². The second-order valence-corrected chi connectivity index (χ2v) is 7.94. The standard InChI is InChI=1S/C20H20FNO3.C7H6F.ClH.Zn/c21-16-6-3-13(4-7-16)10-15-11-14-5-8-19(23)17(14)12-18(15)22-9-1-2-20(24)25;1-6-2-4-7(8)5-3-6;;/h3-4,6-7,11-12,22H,1-2,5,8-10H2,(H,24,25);2-5H,1H2;1H;/q;-1;;+2/p-1. The average Bonchev–Trinajstić information content (AvgIpc) is 3.15. The number of nitrogens with one attached hydrogen (secondary N) is 1. The second kappa shape index (κ2) is 14.6. The molecular weight excluding hydrogens is 525 g/mol. The van der Waals surface area contributed by atoms with Crippen molar-refractivity contribution in [3.8, 4) is 0 Å². The molecule has 0 radical (unpaired) electrons. The number of hydrogen-bond donors (Lipinski definition) is 2. The molecule has 0 bridgehead atoms. The minimum atomic E-state index is -0.822. The Morgan fingerprint density at radius 3 is 2.14 bits per heavy atom. The van der Waals surface area contributed by atoms with Gasteiger partial charge in [-0.25, -0.2) is 8.78 Å². The van der Waals surface area contributed by atoms with Crippen LogP contribution in [0.25, 0.3) is 0 Å². The molecule has 180 valence electrons. The van der Waals surface area contributed by atoms with Crippen LogP contribution < -0.4 is 17.7 Å². The Balaban J connectivity index is 0.000000524. The van der Waals surface area contributed by atoms with Gasteiger partial charge in [-0.3, -0.25) is 9.59 Å². The summed E-state index contributed by atoms with van der Waals surface area (Å²) in [5.74, 6) is -1.15. The van der Waals surface area contributed by atoms with Crippen LogP contribution in [-0.2, 0) is 37.1 Å². The first-order chi connectivity index (χ1) is 15.8. The van der Waals surface area contributed by atoms with Crippen molar-refractivity contribution >= 4 is 17.4 Å². The molecule has 0 heterocycles. The molecule has 4 nitrogen and oxygen atoms in total. The number of fused-ring (bicyclic) bond motifs is 1. The number of ketones is 1. The van der Waals surface area contributed by atoms with Crippen molar-refractivity contribution in [2.24, 2.45) is 0 Å². The van der Waals surface area contributed by atoms with Crippen LogP contribution in [0.15, 0.2) is 60.7 Å². The number of carboxylic acid groups (broad SMARTS) is 1. The predicted octanol–water partition coefficient (Wildman–Crippen LogP) is 2.83. The molecule has 2 N–H and O–H groups in total. The Hall–Kier alpha value is -2.76. The number of rotatable bonds is 7. The summed E-state index contributed by atoms with van der Waals surface area (Å²) < 4.78 is 25.2. The van der Waals surface area contributed by atoms with Gasteiger partial charge in [-0.2, -0.15) is 24.6 Å². The fraction of sp³-hybridized carbons (Fsp3) is 0.222. The van der Waals surface area contributed by atoms with Crippen molar-refractivity contribution in [1.29, 1.82) is 0 Å². The van der Waals surface area contributed by atoms with Gasteiger partial charge in [0.15, 0.2) is 5.78 Å². The van der Waals surface area contributed by atoms with Crippen molar-refractivity contribution in [2.45, 2.75) is 32.1 Å². The predicted molar refractivity (Wildman–Crippen MR) is 125 cm³/mol. The van der Waals surface area contributed by atoms with Crippen LogP contribution >= 0.6 is 0 Å². The smallest absolute Gasteiger partial charge is 1.00 e. The first kappa shape index (κ1) is 30.3. The van der Waals surface area contributed by atoms with Crippen molar-refractivity contribution in [3.63, 3.8) is 0 Å². The molecule has 0 unspecified atom stereocenters. The number of aryl methyl sites for hydroxylation is 1. The molecule has 35 heavy (non-hydrogen) atoms. The fourth-order valence-corrected chi connectivity index (χ4v) is 3.62. The van der Waals surface area contributed by atoms with E-state index >= 15 is 0 Å². The van der Waals surface area contributed by atoms with Crippen LogP contribution in [0.1, 0.15) is 51.9 Å². The van der Waals surface area contributed by atoms with Gasteiger partial charge < -0.3 is 22.8 Å². The van der Waals surface area contributed by atoms with Gasteiger partial charge in [0.2, 0.25) is 0 Å². The number of carbonyl (C=O) groups is 2. The Morgan fingerprint density at radius 1 is 0.971 bits per heavy atom. The molecule has 1 aliphatic carbocycles. The number of Topliss-reactive ketones (excluding diaryl/α,β-unsaturated/α-hetero) is 1. The largest absolute Gasteiger partial charge is 2.00 e. The minimum Gasteiger partial charge on any atom is -1.00 e. The summed E-state index contributed by atoms with van der Waals surface area (Å²) in [6.07, 6.45) is 2.53. The van der Waals surface area contributed by atoms with Crippen LogP contribution in [0, 0.1) is 18.6 Å². The SMILES string of the molecule is O=C(O)CCCNc1cc2c(cc1Cc1ccc(F)cc1)CCC2=O.[CH2-]c1ccc(F)cc1.[Cl-].[Zn+2]. The Bertz CT molecular complexity index is 1100. The third kappa shape index (κ3) is 9.43. The summed E-state index contributed by atoms with van der Waals surface area (Å²) >= 11 is 0. The summed E-state index contributed by atoms with van der Waals surface area (Å²) in [6.45, 7) is 4.12. The summed E-state index contributed by atoms with van der Waals surface area (Å²) in [7, 11) is 0. The zero-order valence-electron chi connectivity index (χ0n) is 19.3. The normalized spacial score (nSPS) is 11.3. The minimum absolute atomic E-state index is 0. The van der Waals surface area contributed by atoms with E-state index in [4.69, 9.17) is 5.11 Å². The van der Waals surface area contributed by atoms with Gasteiger partial charge in [-0.05, 0) is 54.2 Å². The molecule has 0 spiro atoms. The molecule has 0 aromatic heterocycles. The molecule has 0 fully saturated rings. The van der Waals surface area contributed by atoms with Gasteiger partial charge in [0.05, 0.1) is 5.82 Å². The van der Waals surface area contributed by atoms with E-state index in [1.54, 1.807) is 24.3 Å². The molecule has 3 aromatic rings. The van der Waals surface area contributed by atoms with Crippen molar-refractivity contribution in [2.75, 3.05) is 11.9 Å². The molecule has 0 atom stereocenters. The molecule has 0 aliphatic heterocycles. The first-order valence-electron chi connectivity index (χ1n) is 10.8. The zero-order valence-corrected chi connectivity index (χ0v) is 23.1. The fourth-order valence-electron chi connectivity index (χ4n) is 3.62. The van der Waals surface area contributed by atoms with Crippen molar-refractivity contribution in [3.05, 3.63) is 107 Å². The summed E-state index contributed by atoms with van der Waals surface area (Å²) in [4.78, 5) is 22.6. The third-order valence-corrected chi connectivity index (χ3v) is 5.35. The average molecular weight is 551 g/mol. The topological polar surface area (TPSA) is 66.4 Å². The molecule has 4 rings (SSSR count). The van der Waals surface area contributed by atoms with E-state index in [-0.39, 0.29) is 55.7 Å². The third-order valence-electron chi connectivity index (χ3n) is 5.35. The van der Waals surface area contributed by atoms with Gasteiger partial charge in [0.1, 0.15) is 5.82 Å². The molecular formula is C27H26ClF2NO3Zn. The summed E-state index contributed by atoms with van der Waals surface area (Å²) in [5, 5.41) is 12.0. The maximum Gasteiger partial charge on any atom is 2.00 e. The van der Waals surface area contributed by atoms with E-state index in [0.29, 0.717) is 25.8 Å². The van der Waals surface area contributed by atoms with E-state index in [1.807, 2.05) is 12.1 Å². The van der Waals surface area contributed by atoms with Crippen LogP contribution in [0.5, 0.6) is 0 Å². The van der Waals surface area contributed by atoms with Crippen molar-refractivity contribution < 1.29 is 55.4 Å².